The summed E-state index contributed by atoms with van der Waals surface area (Å²) in [4.78, 5) is 4.38. The minimum atomic E-state index is 0.442. The molecule has 15 heavy (non-hydrogen) atoms. The fourth-order valence-electron chi connectivity index (χ4n) is 1.71. The molecule has 1 aromatic heterocycles. The maximum absolute atomic E-state index is 4.38. The van der Waals surface area contributed by atoms with Gasteiger partial charge in [-0.3, -0.25) is 0 Å². The van der Waals surface area contributed by atoms with Crippen LogP contribution in [-0.2, 0) is 0 Å². The van der Waals surface area contributed by atoms with Gasteiger partial charge in [-0.1, -0.05) is 26.7 Å². The molecule has 0 fully saturated rings. The van der Waals surface area contributed by atoms with E-state index in [0.29, 0.717) is 12.1 Å². The predicted octanol–water partition coefficient (Wildman–Crippen LogP) is 3.76. The Morgan fingerprint density at radius 3 is 2.80 bits per heavy atom. The Morgan fingerprint density at radius 1 is 1.47 bits per heavy atom. The monoisotopic (exact) mass is 226 g/mol. The van der Waals surface area contributed by atoms with Crippen LogP contribution >= 0.6 is 11.3 Å². The van der Waals surface area contributed by atoms with Crippen LogP contribution in [0.4, 0.5) is 0 Å². The van der Waals surface area contributed by atoms with Gasteiger partial charge in [-0.2, -0.15) is 0 Å². The molecule has 0 aliphatic carbocycles. The lowest BCUT2D eigenvalue weighted by atomic mass is 10.1. The van der Waals surface area contributed by atoms with E-state index in [0.717, 1.165) is 6.42 Å². The van der Waals surface area contributed by atoms with E-state index in [2.05, 4.69) is 36.5 Å². The normalized spacial score (nSPS) is 15.1. The number of unbranched alkanes of at least 4 members (excludes halogenated alkanes) is 1. The molecule has 2 unspecified atom stereocenters. The SMILES string of the molecule is CCCCC(C)NC(CC)c1nccs1. The molecule has 0 aliphatic rings. The lowest BCUT2D eigenvalue weighted by molar-refractivity contribution is 0.417. The van der Waals surface area contributed by atoms with Gasteiger partial charge < -0.3 is 5.32 Å². The minimum absolute atomic E-state index is 0.442. The molecule has 0 saturated carbocycles. The van der Waals surface area contributed by atoms with Gasteiger partial charge in [0.2, 0.25) is 0 Å². The molecule has 0 saturated heterocycles. The highest BCUT2D eigenvalue weighted by atomic mass is 32.1. The van der Waals surface area contributed by atoms with Crippen LogP contribution < -0.4 is 5.32 Å². The van der Waals surface area contributed by atoms with Crippen molar-refractivity contribution in [1.29, 1.82) is 0 Å². The van der Waals surface area contributed by atoms with E-state index >= 15 is 0 Å². The Kier molecular flexibility index (Phi) is 5.88. The summed E-state index contributed by atoms with van der Waals surface area (Å²) < 4.78 is 0. The second-order valence-electron chi connectivity index (χ2n) is 4.04. The second-order valence-corrected chi connectivity index (χ2v) is 4.97. The largest absolute Gasteiger partial charge is 0.305 e. The first-order valence-electron chi connectivity index (χ1n) is 5.93. The van der Waals surface area contributed by atoms with Crippen molar-refractivity contribution in [2.45, 2.75) is 58.5 Å². The smallest absolute Gasteiger partial charge is 0.109 e. The van der Waals surface area contributed by atoms with Crippen molar-refractivity contribution >= 4 is 11.3 Å². The highest BCUT2D eigenvalue weighted by Crippen LogP contribution is 2.20. The molecule has 0 aliphatic heterocycles. The molecule has 0 aromatic carbocycles. The Morgan fingerprint density at radius 2 is 2.27 bits per heavy atom. The topological polar surface area (TPSA) is 24.9 Å². The van der Waals surface area contributed by atoms with E-state index in [1.54, 1.807) is 11.3 Å². The molecule has 1 aromatic rings. The number of nitrogens with one attached hydrogen (secondary N) is 1. The standard InChI is InChI=1S/C12H22N2S/c1-4-6-7-10(3)14-11(5-2)12-13-8-9-15-12/h8-11,14H,4-7H2,1-3H3. The third-order valence-corrected chi connectivity index (χ3v) is 3.52. The first kappa shape index (κ1) is 12.7. The molecule has 0 amide bonds. The fraction of sp³-hybridized carbons (Fsp3) is 0.750. The molecular weight excluding hydrogens is 204 g/mol. The van der Waals surface area contributed by atoms with Crippen molar-refractivity contribution in [3.8, 4) is 0 Å². The molecule has 0 spiro atoms. The Bertz CT molecular complexity index is 246. The maximum Gasteiger partial charge on any atom is 0.109 e. The van der Waals surface area contributed by atoms with E-state index in [-0.39, 0.29) is 0 Å². The summed E-state index contributed by atoms with van der Waals surface area (Å²) in [6.07, 6.45) is 6.85. The van der Waals surface area contributed by atoms with Crippen LogP contribution in [0.1, 0.15) is 57.5 Å². The minimum Gasteiger partial charge on any atom is -0.305 e. The molecular formula is C12H22N2S. The number of hydrogen-bond acceptors (Lipinski definition) is 3. The number of rotatable bonds is 7. The van der Waals surface area contributed by atoms with E-state index in [9.17, 15) is 0 Å². The van der Waals surface area contributed by atoms with Gasteiger partial charge in [0.05, 0.1) is 6.04 Å². The number of thiazole rings is 1. The molecule has 1 N–H and O–H groups in total. The van der Waals surface area contributed by atoms with Crippen LogP contribution in [0.5, 0.6) is 0 Å². The van der Waals surface area contributed by atoms with Crippen molar-refractivity contribution in [3.05, 3.63) is 16.6 Å². The van der Waals surface area contributed by atoms with Crippen LogP contribution in [-0.4, -0.2) is 11.0 Å². The van der Waals surface area contributed by atoms with Gasteiger partial charge in [-0.25, -0.2) is 4.98 Å². The van der Waals surface area contributed by atoms with Crippen molar-refractivity contribution < 1.29 is 0 Å². The summed E-state index contributed by atoms with van der Waals surface area (Å²) in [6.45, 7) is 6.72. The number of hydrogen-bond donors (Lipinski definition) is 1. The van der Waals surface area contributed by atoms with Gasteiger partial charge >= 0.3 is 0 Å². The van der Waals surface area contributed by atoms with Gasteiger partial charge in [-0.05, 0) is 19.8 Å². The van der Waals surface area contributed by atoms with Gasteiger partial charge in [0, 0.05) is 17.6 Å². The summed E-state index contributed by atoms with van der Waals surface area (Å²) in [5, 5.41) is 6.93. The maximum atomic E-state index is 4.38. The molecule has 0 radical (unpaired) electrons. The number of aromatic nitrogens is 1. The lowest BCUT2D eigenvalue weighted by Gasteiger charge is -2.20. The summed E-state index contributed by atoms with van der Waals surface area (Å²) in [5.74, 6) is 0. The summed E-state index contributed by atoms with van der Waals surface area (Å²) in [5.41, 5.74) is 0. The van der Waals surface area contributed by atoms with Gasteiger partial charge in [0.15, 0.2) is 0 Å². The molecule has 2 nitrogen and oxygen atoms in total. The number of nitrogens with zero attached hydrogens (tertiary/aromatic N) is 1. The third kappa shape index (κ3) is 4.31. The molecule has 1 heterocycles. The van der Waals surface area contributed by atoms with E-state index in [4.69, 9.17) is 0 Å². The van der Waals surface area contributed by atoms with Crippen LogP contribution in [0.3, 0.4) is 0 Å². The van der Waals surface area contributed by atoms with Crippen LogP contribution in [0.15, 0.2) is 11.6 Å². The van der Waals surface area contributed by atoms with E-state index in [1.807, 2.05) is 6.20 Å². The zero-order valence-corrected chi connectivity index (χ0v) is 10.8. The Labute approximate surface area is 97.1 Å². The molecule has 1 rings (SSSR count). The highest BCUT2D eigenvalue weighted by molar-refractivity contribution is 7.09. The molecule has 0 bridgehead atoms. The Hall–Kier alpha value is -0.410. The van der Waals surface area contributed by atoms with Crippen molar-refractivity contribution in [3.63, 3.8) is 0 Å². The summed E-state index contributed by atoms with van der Waals surface area (Å²) in [6, 6.07) is 1.04. The highest BCUT2D eigenvalue weighted by Gasteiger charge is 2.13. The zero-order valence-electron chi connectivity index (χ0n) is 9.99. The second kappa shape index (κ2) is 6.96. The molecule has 3 heteroatoms. The zero-order chi connectivity index (χ0) is 11.1. The van der Waals surface area contributed by atoms with Crippen LogP contribution in [0.25, 0.3) is 0 Å². The Balaban J connectivity index is 2.40. The lowest BCUT2D eigenvalue weighted by Crippen LogP contribution is -2.30. The van der Waals surface area contributed by atoms with Crippen molar-refractivity contribution in [1.82, 2.24) is 10.3 Å². The summed E-state index contributed by atoms with van der Waals surface area (Å²) >= 11 is 1.75. The average molecular weight is 226 g/mol. The first-order chi connectivity index (χ1) is 7.27. The van der Waals surface area contributed by atoms with E-state index < -0.39 is 0 Å². The fourth-order valence-corrected chi connectivity index (χ4v) is 2.49. The van der Waals surface area contributed by atoms with Gasteiger partial charge in [0.25, 0.3) is 0 Å². The average Bonchev–Trinajstić information content (AvgIpc) is 2.76. The summed E-state index contributed by atoms with van der Waals surface area (Å²) in [7, 11) is 0. The third-order valence-electron chi connectivity index (χ3n) is 2.63. The van der Waals surface area contributed by atoms with Gasteiger partial charge in [-0.15, -0.1) is 11.3 Å². The first-order valence-corrected chi connectivity index (χ1v) is 6.81. The molecule has 86 valence electrons. The predicted molar refractivity (Wildman–Crippen MR) is 67.3 cm³/mol. The van der Waals surface area contributed by atoms with Crippen molar-refractivity contribution in [2.75, 3.05) is 0 Å². The van der Waals surface area contributed by atoms with Crippen LogP contribution in [0.2, 0.25) is 0 Å². The van der Waals surface area contributed by atoms with E-state index in [1.165, 1.54) is 24.3 Å². The van der Waals surface area contributed by atoms with Crippen LogP contribution in [0, 0.1) is 0 Å². The molecule has 2 atom stereocenters. The van der Waals surface area contributed by atoms with Gasteiger partial charge in [0.1, 0.15) is 5.01 Å². The quantitative estimate of drug-likeness (QED) is 0.765. The van der Waals surface area contributed by atoms with Crippen molar-refractivity contribution in [2.24, 2.45) is 0 Å².